The second-order valence-electron chi connectivity index (χ2n) is 2.28. The summed E-state index contributed by atoms with van der Waals surface area (Å²) in [7, 11) is 0. The molecule has 0 radical (unpaired) electrons. The van der Waals surface area contributed by atoms with Gasteiger partial charge in [0.1, 0.15) is 0 Å². The molecule has 9 heavy (non-hydrogen) atoms. The van der Waals surface area contributed by atoms with Gasteiger partial charge in [0.05, 0.1) is 0 Å². The molecule has 48 valence electrons. The molecule has 0 amide bonds. The summed E-state index contributed by atoms with van der Waals surface area (Å²) in [4.78, 5) is 0. The zero-order valence-electron chi connectivity index (χ0n) is 6.02. The third kappa shape index (κ3) is 1.32. The van der Waals surface area contributed by atoms with Gasteiger partial charge in [0.15, 0.2) is 0 Å². The smallest absolute Gasteiger partial charge is 0.0267 e. The van der Waals surface area contributed by atoms with E-state index in [4.69, 9.17) is 0 Å². The van der Waals surface area contributed by atoms with Crippen LogP contribution in [0.25, 0.3) is 0 Å². The Kier molecular flexibility index (Phi) is 1.88. The predicted molar refractivity (Wildman–Crippen MR) is 41.3 cm³/mol. The fourth-order valence-electron chi connectivity index (χ4n) is 0.973. The van der Waals surface area contributed by atoms with E-state index in [1.54, 1.807) is 0 Å². The molecule has 1 rings (SSSR count). The normalized spacial score (nSPS) is 21.1. The van der Waals surface area contributed by atoms with Gasteiger partial charge in [-0.05, 0) is 24.5 Å². The van der Waals surface area contributed by atoms with E-state index in [1.807, 2.05) is 0 Å². The SMILES string of the molecule is CCC=C1C=CC=C1C. The van der Waals surface area contributed by atoms with E-state index >= 15 is 0 Å². The van der Waals surface area contributed by atoms with Crippen LogP contribution in [-0.4, -0.2) is 0 Å². The molecule has 0 fully saturated rings. The molecule has 1 aliphatic rings. The molecule has 0 nitrogen and oxygen atoms in total. The van der Waals surface area contributed by atoms with E-state index in [0.717, 1.165) is 6.42 Å². The number of rotatable bonds is 1. The number of hydrogen-bond donors (Lipinski definition) is 0. The molecule has 0 aromatic heterocycles. The maximum absolute atomic E-state index is 2.25. The first kappa shape index (κ1) is 6.34. The Labute approximate surface area is 56.6 Å². The van der Waals surface area contributed by atoms with Crippen molar-refractivity contribution in [2.24, 2.45) is 0 Å². The lowest BCUT2D eigenvalue weighted by Crippen LogP contribution is -1.73. The second-order valence-corrected chi connectivity index (χ2v) is 2.28. The molecule has 0 saturated heterocycles. The fourth-order valence-corrected chi connectivity index (χ4v) is 0.973. The summed E-state index contributed by atoms with van der Waals surface area (Å²) in [6.07, 6.45) is 9.76. The van der Waals surface area contributed by atoms with Crippen molar-refractivity contribution in [3.63, 3.8) is 0 Å². The Morgan fingerprint density at radius 3 is 2.78 bits per heavy atom. The Morgan fingerprint density at radius 1 is 1.56 bits per heavy atom. The standard InChI is InChI=1S/C9H12/c1-3-5-9-7-4-6-8(9)2/h4-7H,3H2,1-2H3. The molecule has 0 N–H and O–H groups in total. The minimum Gasteiger partial charge on any atom is -0.0773 e. The first-order valence-electron chi connectivity index (χ1n) is 3.40. The summed E-state index contributed by atoms with van der Waals surface area (Å²) in [6.45, 7) is 4.30. The maximum atomic E-state index is 2.25. The first-order valence-corrected chi connectivity index (χ1v) is 3.40. The van der Waals surface area contributed by atoms with Crippen LogP contribution < -0.4 is 0 Å². The van der Waals surface area contributed by atoms with Crippen molar-refractivity contribution in [3.8, 4) is 0 Å². The van der Waals surface area contributed by atoms with E-state index in [2.05, 4.69) is 38.2 Å². The van der Waals surface area contributed by atoms with Crippen LogP contribution in [0, 0.1) is 0 Å². The lowest BCUT2D eigenvalue weighted by molar-refractivity contribution is 1.20. The molecule has 0 unspecified atom stereocenters. The van der Waals surface area contributed by atoms with Gasteiger partial charge < -0.3 is 0 Å². The fraction of sp³-hybridized carbons (Fsp3) is 0.333. The van der Waals surface area contributed by atoms with Gasteiger partial charge >= 0.3 is 0 Å². The Hall–Kier alpha value is -0.780. The zero-order chi connectivity index (χ0) is 6.69. The average molecular weight is 120 g/mol. The molecule has 0 spiro atoms. The molecule has 0 aliphatic heterocycles. The highest BCUT2D eigenvalue weighted by atomic mass is 14.0. The van der Waals surface area contributed by atoms with Gasteiger partial charge in [-0.1, -0.05) is 31.2 Å². The van der Waals surface area contributed by atoms with Crippen LogP contribution in [0.15, 0.2) is 35.5 Å². The highest BCUT2D eigenvalue weighted by Crippen LogP contribution is 2.17. The summed E-state index contributed by atoms with van der Waals surface area (Å²) in [5.74, 6) is 0. The first-order chi connectivity index (χ1) is 4.34. The third-order valence-corrected chi connectivity index (χ3v) is 1.50. The lowest BCUT2D eigenvalue weighted by atomic mass is 10.1. The number of hydrogen-bond acceptors (Lipinski definition) is 0. The summed E-state index contributed by atoms with van der Waals surface area (Å²) >= 11 is 0. The van der Waals surface area contributed by atoms with Gasteiger partial charge in [-0.15, -0.1) is 0 Å². The quantitative estimate of drug-likeness (QED) is 0.499. The van der Waals surface area contributed by atoms with Gasteiger partial charge in [0.2, 0.25) is 0 Å². The van der Waals surface area contributed by atoms with Crippen molar-refractivity contribution in [1.82, 2.24) is 0 Å². The van der Waals surface area contributed by atoms with Crippen LogP contribution in [0.2, 0.25) is 0 Å². The molecular weight excluding hydrogens is 108 g/mol. The zero-order valence-corrected chi connectivity index (χ0v) is 6.02. The van der Waals surface area contributed by atoms with E-state index in [0.29, 0.717) is 0 Å². The van der Waals surface area contributed by atoms with Crippen molar-refractivity contribution < 1.29 is 0 Å². The molecule has 0 aromatic carbocycles. The summed E-state index contributed by atoms with van der Waals surface area (Å²) in [5, 5.41) is 0. The maximum Gasteiger partial charge on any atom is -0.0267 e. The molecule has 0 heterocycles. The molecule has 1 aliphatic carbocycles. The minimum atomic E-state index is 1.13. The number of allylic oxidation sites excluding steroid dienone is 6. The Morgan fingerprint density at radius 2 is 2.33 bits per heavy atom. The van der Waals surface area contributed by atoms with Crippen LogP contribution in [0.1, 0.15) is 20.3 Å². The highest BCUT2D eigenvalue weighted by molar-refractivity contribution is 5.46. The Balaban J connectivity index is 2.74. The molecule has 0 saturated carbocycles. The van der Waals surface area contributed by atoms with E-state index in [1.165, 1.54) is 11.1 Å². The van der Waals surface area contributed by atoms with Crippen LogP contribution in [0.4, 0.5) is 0 Å². The molecular formula is C9H12. The molecule has 0 aromatic rings. The van der Waals surface area contributed by atoms with Crippen molar-refractivity contribution >= 4 is 0 Å². The summed E-state index contributed by atoms with van der Waals surface area (Å²) in [5.41, 5.74) is 2.77. The summed E-state index contributed by atoms with van der Waals surface area (Å²) < 4.78 is 0. The van der Waals surface area contributed by atoms with Crippen LogP contribution in [0.5, 0.6) is 0 Å². The van der Waals surface area contributed by atoms with E-state index in [9.17, 15) is 0 Å². The topological polar surface area (TPSA) is 0 Å². The molecule has 0 bridgehead atoms. The highest BCUT2D eigenvalue weighted by Gasteiger charge is 1.97. The van der Waals surface area contributed by atoms with Crippen LogP contribution in [-0.2, 0) is 0 Å². The molecule has 0 heteroatoms. The van der Waals surface area contributed by atoms with Gasteiger partial charge in [-0.3, -0.25) is 0 Å². The van der Waals surface area contributed by atoms with Gasteiger partial charge in [0.25, 0.3) is 0 Å². The lowest BCUT2D eigenvalue weighted by Gasteiger charge is -1.93. The second kappa shape index (κ2) is 2.67. The van der Waals surface area contributed by atoms with Crippen molar-refractivity contribution in [2.45, 2.75) is 20.3 Å². The predicted octanol–water partition coefficient (Wildman–Crippen LogP) is 2.84. The minimum absolute atomic E-state index is 1.13. The largest absolute Gasteiger partial charge is 0.0773 e. The van der Waals surface area contributed by atoms with Crippen LogP contribution in [0.3, 0.4) is 0 Å². The molecule has 0 atom stereocenters. The van der Waals surface area contributed by atoms with Gasteiger partial charge in [-0.25, -0.2) is 0 Å². The monoisotopic (exact) mass is 120 g/mol. The van der Waals surface area contributed by atoms with Gasteiger partial charge in [0, 0.05) is 0 Å². The summed E-state index contributed by atoms with van der Waals surface area (Å²) in [6, 6.07) is 0. The van der Waals surface area contributed by atoms with Gasteiger partial charge in [-0.2, -0.15) is 0 Å². The van der Waals surface area contributed by atoms with Crippen LogP contribution >= 0.6 is 0 Å². The Bertz CT molecular complexity index is 180. The van der Waals surface area contributed by atoms with E-state index in [-0.39, 0.29) is 0 Å². The van der Waals surface area contributed by atoms with Crippen molar-refractivity contribution in [2.75, 3.05) is 0 Å². The third-order valence-electron chi connectivity index (χ3n) is 1.50. The van der Waals surface area contributed by atoms with Crippen molar-refractivity contribution in [3.05, 3.63) is 35.5 Å². The van der Waals surface area contributed by atoms with Crippen molar-refractivity contribution in [1.29, 1.82) is 0 Å². The average Bonchev–Trinajstić information content (AvgIpc) is 2.18. The van der Waals surface area contributed by atoms with E-state index < -0.39 is 0 Å².